The molecule has 0 bridgehead atoms. The third-order valence-electron chi connectivity index (χ3n) is 2.52. The van der Waals surface area contributed by atoms with E-state index in [0.717, 1.165) is 17.9 Å². The second-order valence-corrected chi connectivity index (χ2v) is 5.24. The van der Waals surface area contributed by atoms with Crippen LogP contribution in [0, 0.1) is 5.82 Å². The zero-order chi connectivity index (χ0) is 13.5. The van der Waals surface area contributed by atoms with Gasteiger partial charge in [-0.2, -0.15) is 0 Å². The van der Waals surface area contributed by atoms with Gasteiger partial charge in [0, 0.05) is 16.3 Å². The molecule has 2 aromatic rings. The van der Waals surface area contributed by atoms with Crippen LogP contribution in [0.5, 0.6) is 5.75 Å². The van der Waals surface area contributed by atoms with E-state index < -0.39 is 0 Å². The lowest BCUT2D eigenvalue weighted by atomic mass is 10.3. The van der Waals surface area contributed by atoms with Gasteiger partial charge < -0.3 is 10.5 Å². The van der Waals surface area contributed by atoms with Crippen molar-refractivity contribution in [3.05, 3.63) is 54.3 Å². The number of hydrogen-bond acceptors (Lipinski definition) is 3. The van der Waals surface area contributed by atoms with Crippen molar-refractivity contribution in [2.24, 2.45) is 0 Å². The van der Waals surface area contributed by atoms with Crippen LogP contribution in [0.15, 0.2) is 53.4 Å². The monoisotopic (exact) mass is 277 g/mol. The molecule has 0 unspecified atom stereocenters. The lowest BCUT2D eigenvalue weighted by Gasteiger charge is -2.06. The molecule has 2 aromatic carbocycles. The van der Waals surface area contributed by atoms with Gasteiger partial charge in [-0.15, -0.1) is 11.8 Å². The Morgan fingerprint density at radius 2 is 1.68 bits per heavy atom. The van der Waals surface area contributed by atoms with Crippen LogP contribution < -0.4 is 10.5 Å². The third-order valence-corrected chi connectivity index (χ3v) is 3.62. The number of benzene rings is 2. The van der Waals surface area contributed by atoms with E-state index >= 15 is 0 Å². The third kappa shape index (κ3) is 4.83. The first-order chi connectivity index (χ1) is 9.24. The van der Waals surface area contributed by atoms with E-state index in [1.165, 1.54) is 17.0 Å². The van der Waals surface area contributed by atoms with Crippen molar-refractivity contribution < 1.29 is 9.13 Å². The van der Waals surface area contributed by atoms with Crippen LogP contribution in [0.25, 0.3) is 0 Å². The van der Waals surface area contributed by atoms with Gasteiger partial charge in [-0.05, 0) is 55.0 Å². The average molecular weight is 277 g/mol. The number of anilines is 1. The smallest absolute Gasteiger partial charge is 0.123 e. The van der Waals surface area contributed by atoms with Crippen molar-refractivity contribution in [2.45, 2.75) is 11.3 Å². The molecule has 0 saturated carbocycles. The molecule has 100 valence electrons. The van der Waals surface area contributed by atoms with E-state index in [1.54, 1.807) is 23.9 Å². The van der Waals surface area contributed by atoms with Crippen LogP contribution in [0.4, 0.5) is 10.1 Å². The summed E-state index contributed by atoms with van der Waals surface area (Å²) < 4.78 is 18.2. The van der Waals surface area contributed by atoms with E-state index in [-0.39, 0.29) is 5.82 Å². The van der Waals surface area contributed by atoms with Crippen LogP contribution in [0.1, 0.15) is 6.42 Å². The van der Waals surface area contributed by atoms with Gasteiger partial charge in [0.1, 0.15) is 11.6 Å². The zero-order valence-electron chi connectivity index (χ0n) is 10.5. The van der Waals surface area contributed by atoms with Crippen LogP contribution in [-0.4, -0.2) is 12.4 Å². The van der Waals surface area contributed by atoms with Gasteiger partial charge in [0.15, 0.2) is 0 Å². The minimum atomic E-state index is -0.244. The van der Waals surface area contributed by atoms with Crippen molar-refractivity contribution in [1.29, 1.82) is 0 Å². The van der Waals surface area contributed by atoms with Crippen LogP contribution >= 0.6 is 11.8 Å². The molecule has 2 nitrogen and oxygen atoms in total. The predicted molar refractivity (Wildman–Crippen MR) is 78.1 cm³/mol. The Kier molecular flexibility index (Phi) is 5.10. The summed E-state index contributed by atoms with van der Waals surface area (Å²) in [6.45, 7) is 0.633. The van der Waals surface area contributed by atoms with Crippen molar-refractivity contribution in [3.8, 4) is 5.75 Å². The Morgan fingerprint density at radius 1 is 1.00 bits per heavy atom. The molecule has 0 aliphatic heterocycles. The SMILES string of the molecule is Nc1ccc(SCCCOc2ccc(F)cc2)cc1. The van der Waals surface area contributed by atoms with Gasteiger partial charge in [-0.25, -0.2) is 4.39 Å². The molecule has 0 heterocycles. The molecular weight excluding hydrogens is 261 g/mol. The fourth-order valence-corrected chi connectivity index (χ4v) is 2.36. The van der Waals surface area contributed by atoms with Crippen molar-refractivity contribution in [1.82, 2.24) is 0 Å². The van der Waals surface area contributed by atoms with Gasteiger partial charge >= 0.3 is 0 Å². The summed E-state index contributed by atoms with van der Waals surface area (Å²) in [5.74, 6) is 1.44. The molecule has 2 N–H and O–H groups in total. The summed E-state index contributed by atoms with van der Waals surface area (Å²) in [4.78, 5) is 1.20. The molecule has 0 saturated heterocycles. The van der Waals surface area contributed by atoms with E-state index in [0.29, 0.717) is 12.4 Å². The van der Waals surface area contributed by atoms with E-state index in [1.807, 2.05) is 24.3 Å². The largest absolute Gasteiger partial charge is 0.494 e. The number of hydrogen-bond donors (Lipinski definition) is 1. The first-order valence-corrected chi connectivity index (χ1v) is 7.09. The highest BCUT2D eigenvalue weighted by molar-refractivity contribution is 7.99. The normalized spacial score (nSPS) is 10.4. The lowest BCUT2D eigenvalue weighted by Crippen LogP contribution is -1.98. The molecule has 2 rings (SSSR count). The predicted octanol–water partition coefficient (Wildman–Crippen LogP) is 3.97. The first kappa shape index (κ1) is 13.7. The van der Waals surface area contributed by atoms with Gasteiger partial charge in [-0.1, -0.05) is 0 Å². The number of rotatable bonds is 6. The van der Waals surface area contributed by atoms with E-state index in [9.17, 15) is 4.39 Å². The minimum Gasteiger partial charge on any atom is -0.494 e. The molecule has 0 aromatic heterocycles. The Bertz CT molecular complexity index is 451. The molecule has 0 atom stereocenters. The molecule has 4 heteroatoms. The van der Waals surface area contributed by atoms with Crippen LogP contribution in [-0.2, 0) is 0 Å². The average Bonchev–Trinajstić information content (AvgIpc) is 2.43. The number of halogens is 1. The number of ether oxygens (including phenoxy) is 1. The summed E-state index contributed by atoms with van der Waals surface area (Å²) in [6.07, 6.45) is 0.937. The topological polar surface area (TPSA) is 35.2 Å². The molecule has 0 fully saturated rings. The Balaban J connectivity index is 1.64. The van der Waals surface area contributed by atoms with Crippen LogP contribution in [0.2, 0.25) is 0 Å². The summed E-state index contributed by atoms with van der Waals surface area (Å²) in [7, 11) is 0. The highest BCUT2D eigenvalue weighted by atomic mass is 32.2. The molecule has 19 heavy (non-hydrogen) atoms. The fraction of sp³-hybridized carbons (Fsp3) is 0.200. The van der Waals surface area contributed by atoms with Gasteiger partial charge in [-0.3, -0.25) is 0 Å². The standard InChI is InChI=1S/C15H16FNOS/c16-12-2-6-14(7-3-12)18-10-1-11-19-15-8-4-13(17)5-9-15/h2-9H,1,10-11,17H2. The number of nitrogens with two attached hydrogens (primary N) is 1. The quantitative estimate of drug-likeness (QED) is 0.493. The zero-order valence-corrected chi connectivity index (χ0v) is 11.3. The highest BCUT2D eigenvalue weighted by Crippen LogP contribution is 2.20. The molecule has 0 radical (unpaired) electrons. The highest BCUT2D eigenvalue weighted by Gasteiger charge is 1.96. The van der Waals surface area contributed by atoms with E-state index in [2.05, 4.69) is 0 Å². The maximum Gasteiger partial charge on any atom is 0.123 e. The molecular formula is C15H16FNOS. The van der Waals surface area contributed by atoms with Crippen molar-refractivity contribution in [3.63, 3.8) is 0 Å². The summed E-state index contributed by atoms with van der Waals surface area (Å²) in [6, 6.07) is 13.9. The summed E-state index contributed by atoms with van der Waals surface area (Å²) >= 11 is 1.77. The lowest BCUT2D eigenvalue weighted by molar-refractivity contribution is 0.318. The summed E-state index contributed by atoms with van der Waals surface area (Å²) in [5.41, 5.74) is 6.40. The van der Waals surface area contributed by atoms with Gasteiger partial charge in [0.2, 0.25) is 0 Å². The van der Waals surface area contributed by atoms with Crippen molar-refractivity contribution >= 4 is 17.4 Å². The first-order valence-electron chi connectivity index (χ1n) is 6.11. The Morgan fingerprint density at radius 3 is 2.37 bits per heavy atom. The maximum atomic E-state index is 12.7. The Labute approximate surface area is 116 Å². The second-order valence-electron chi connectivity index (χ2n) is 4.07. The number of thioether (sulfide) groups is 1. The molecule has 0 amide bonds. The minimum absolute atomic E-state index is 0.244. The van der Waals surface area contributed by atoms with E-state index in [4.69, 9.17) is 10.5 Å². The van der Waals surface area contributed by atoms with Crippen LogP contribution in [0.3, 0.4) is 0 Å². The maximum absolute atomic E-state index is 12.7. The van der Waals surface area contributed by atoms with Crippen molar-refractivity contribution in [2.75, 3.05) is 18.1 Å². The molecule has 0 aliphatic carbocycles. The van der Waals surface area contributed by atoms with Gasteiger partial charge in [0.05, 0.1) is 6.61 Å². The van der Waals surface area contributed by atoms with Gasteiger partial charge in [0.25, 0.3) is 0 Å². The second kappa shape index (κ2) is 7.04. The molecule has 0 spiro atoms. The molecule has 0 aliphatic rings. The number of nitrogen functional groups attached to an aromatic ring is 1. The summed E-state index contributed by atoms with van der Waals surface area (Å²) in [5, 5.41) is 0. The Hall–Kier alpha value is -1.68. The fourth-order valence-electron chi connectivity index (χ4n) is 1.53.